The smallest absolute Gasteiger partial charge is 0.253 e. The zero-order valence-electron chi connectivity index (χ0n) is 16.4. The van der Waals surface area contributed by atoms with E-state index in [1.165, 1.54) is 0 Å². The van der Waals surface area contributed by atoms with Crippen LogP contribution in [0.5, 0.6) is 0 Å². The third-order valence-electron chi connectivity index (χ3n) is 5.39. The molecule has 0 radical (unpaired) electrons. The van der Waals surface area contributed by atoms with Gasteiger partial charge in [-0.25, -0.2) is 0 Å². The number of hydrogen-bond donors (Lipinski definition) is 0. The summed E-state index contributed by atoms with van der Waals surface area (Å²) in [6.45, 7) is 3.37. The number of unbranched alkanes of at least 4 members (excludes halogenated alkanes) is 1. The SMILES string of the molecule is CCCCC(=O)c1ccc(-c2ccc(C(=O)N3CCC(C#N)CC3)cc2)cc1. The molecule has 1 aliphatic rings. The summed E-state index contributed by atoms with van der Waals surface area (Å²) in [5, 5.41) is 8.99. The lowest BCUT2D eigenvalue weighted by Gasteiger charge is -2.29. The fourth-order valence-corrected chi connectivity index (χ4v) is 3.53. The van der Waals surface area contributed by atoms with Gasteiger partial charge in [0.1, 0.15) is 0 Å². The molecule has 1 heterocycles. The lowest BCUT2D eigenvalue weighted by molar-refractivity contribution is 0.0707. The third kappa shape index (κ3) is 4.67. The summed E-state index contributed by atoms with van der Waals surface area (Å²) in [6, 6.07) is 17.6. The molecule has 3 rings (SSSR count). The Morgan fingerprint density at radius 1 is 0.964 bits per heavy atom. The van der Waals surface area contributed by atoms with Crippen molar-refractivity contribution in [2.24, 2.45) is 5.92 Å². The molecular weight excluding hydrogens is 348 g/mol. The number of benzene rings is 2. The summed E-state index contributed by atoms with van der Waals surface area (Å²) in [7, 11) is 0. The second kappa shape index (κ2) is 9.32. The quantitative estimate of drug-likeness (QED) is 0.661. The molecule has 0 N–H and O–H groups in total. The van der Waals surface area contributed by atoms with E-state index in [-0.39, 0.29) is 17.6 Å². The molecule has 28 heavy (non-hydrogen) atoms. The van der Waals surface area contributed by atoms with Crippen molar-refractivity contribution in [3.05, 3.63) is 59.7 Å². The molecule has 144 valence electrons. The third-order valence-corrected chi connectivity index (χ3v) is 5.39. The standard InChI is InChI=1S/C24H26N2O2/c1-2-3-4-23(27)21-9-5-19(6-10-21)20-7-11-22(12-8-20)24(28)26-15-13-18(17-25)14-16-26/h5-12,18H,2-4,13-16H2,1H3. The molecule has 0 spiro atoms. The number of ketones is 1. The van der Waals surface area contributed by atoms with Crippen LogP contribution in [0, 0.1) is 17.2 Å². The number of Topliss-reactive ketones (excluding diaryl/α,β-unsaturated/α-hetero) is 1. The van der Waals surface area contributed by atoms with E-state index < -0.39 is 0 Å². The van der Waals surface area contributed by atoms with Gasteiger partial charge in [0.05, 0.1) is 6.07 Å². The average molecular weight is 374 g/mol. The minimum atomic E-state index is 0.0276. The molecule has 0 atom stereocenters. The van der Waals surface area contributed by atoms with Gasteiger partial charge in [0.15, 0.2) is 5.78 Å². The summed E-state index contributed by atoms with van der Waals surface area (Å²) in [4.78, 5) is 26.6. The van der Waals surface area contributed by atoms with Gasteiger partial charge >= 0.3 is 0 Å². The van der Waals surface area contributed by atoms with Crippen LogP contribution in [0.4, 0.5) is 0 Å². The number of nitriles is 1. The zero-order chi connectivity index (χ0) is 19.9. The van der Waals surface area contributed by atoms with Crippen LogP contribution in [0.15, 0.2) is 48.5 Å². The lowest BCUT2D eigenvalue weighted by Crippen LogP contribution is -2.38. The van der Waals surface area contributed by atoms with Gasteiger partial charge in [0, 0.05) is 36.6 Å². The first-order chi connectivity index (χ1) is 13.6. The molecular formula is C24H26N2O2. The molecule has 0 unspecified atom stereocenters. The van der Waals surface area contributed by atoms with E-state index in [0.29, 0.717) is 25.1 Å². The van der Waals surface area contributed by atoms with Crippen LogP contribution in [0.25, 0.3) is 11.1 Å². The van der Waals surface area contributed by atoms with E-state index in [1.807, 2.05) is 53.4 Å². The maximum atomic E-state index is 12.7. The largest absolute Gasteiger partial charge is 0.339 e. The highest BCUT2D eigenvalue weighted by atomic mass is 16.2. The van der Waals surface area contributed by atoms with Crippen molar-refractivity contribution >= 4 is 11.7 Å². The van der Waals surface area contributed by atoms with Crippen molar-refractivity contribution in [1.82, 2.24) is 4.90 Å². The highest BCUT2D eigenvalue weighted by Crippen LogP contribution is 2.23. The number of hydrogen-bond acceptors (Lipinski definition) is 3. The predicted molar refractivity (Wildman–Crippen MR) is 110 cm³/mol. The molecule has 0 saturated carbocycles. The topological polar surface area (TPSA) is 61.2 Å². The van der Waals surface area contributed by atoms with Gasteiger partial charge in [-0.1, -0.05) is 49.7 Å². The molecule has 0 aromatic heterocycles. The Morgan fingerprint density at radius 2 is 1.50 bits per heavy atom. The minimum Gasteiger partial charge on any atom is -0.339 e. The first kappa shape index (κ1) is 19.8. The first-order valence-corrected chi connectivity index (χ1v) is 10.0. The van der Waals surface area contributed by atoms with Crippen LogP contribution in [0.3, 0.4) is 0 Å². The van der Waals surface area contributed by atoms with Crippen molar-refractivity contribution in [2.75, 3.05) is 13.1 Å². The van der Waals surface area contributed by atoms with E-state index in [1.54, 1.807) is 0 Å². The van der Waals surface area contributed by atoms with Crippen molar-refractivity contribution < 1.29 is 9.59 Å². The summed E-state index contributed by atoms with van der Waals surface area (Å²) in [6.07, 6.45) is 4.04. The van der Waals surface area contributed by atoms with Crippen molar-refractivity contribution in [1.29, 1.82) is 5.26 Å². The number of likely N-dealkylation sites (tertiary alicyclic amines) is 1. The minimum absolute atomic E-state index is 0.0276. The summed E-state index contributed by atoms with van der Waals surface area (Å²) in [5.74, 6) is 0.289. The van der Waals surface area contributed by atoms with Crippen LogP contribution in [0.1, 0.15) is 59.7 Å². The van der Waals surface area contributed by atoms with Gasteiger partial charge in [-0.3, -0.25) is 9.59 Å². The molecule has 0 bridgehead atoms. The van der Waals surface area contributed by atoms with E-state index in [9.17, 15) is 9.59 Å². The number of piperidine rings is 1. The number of carbonyl (C=O) groups is 2. The normalized spacial score (nSPS) is 14.5. The molecule has 1 aliphatic heterocycles. The highest BCUT2D eigenvalue weighted by Gasteiger charge is 2.23. The molecule has 4 heteroatoms. The Labute approximate surface area is 166 Å². The summed E-state index contributed by atoms with van der Waals surface area (Å²) < 4.78 is 0. The van der Waals surface area contributed by atoms with E-state index in [2.05, 4.69) is 13.0 Å². The Kier molecular flexibility index (Phi) is 6.60. The van der Waals surface area contributed by atoms with E-state index in [0.717, 1.165) is 42.4 Å². The van der Waals surface area contributed by atoms with Crippen molar-refractivity contribution in [3.63, 3.8) is 0 Å². The molecule has 2 aromatic carbocycles. The van der Waals surface area contributed by atoms with Crippen LogP contribution in [0.2, 0.25) is 0 Å². The van der Waals surface area contributed by atoms with Crippen LogP contribution >= 0.6 is 0 Å². The van der Waals surface area contributed by atoms with Gasteiger partial charge < -0.3 is 4.90 Å². The van der Waals surface area contributed by atoms with Crippen LogP contribution in [-0.4, -0.2) is 29.7 Å². The molecule has 1 amide bonds. The highest BCUT2D eigenvalue weighted by molar-refractivity contribution is 5.97. The lowest BCUT2D eigenvalue weighted by atomic mass is 9.97. The maximum Gasteiger partial charge on any atom is 0.253 e. The van der Waals surface area contributed by atoms with E-state index in [4.69, 9.17) is 5.26 Å². The first-order valence-electron chi connectivity index (χ1n) is 10.0. The van der Waals surface area contributed by atoms with E-state index >= 15 is 0 Å². The van der Waals surface area contributed by atoms with Gasteiger partial charge in [0.2, 0.25) is 0 Å². The van der Waals surface area contributed by atoms with Gasteiger partial charge in [0.25, 0.3) is 5.91 Å². The fraction of sp³-hybridized carbons (Fsp3) is 0.375. The maximum absolute atomic E-state index is 12.7. The van der Waals surface area contributed by atoms with Gasteiger partial charge in [-0.15, -0.1) is 0 Å². The number of rotatable bonds is 6. The molecule has 2 aromatic rings. The Balaban J connectivity index is 1.65. The van der Waals surface area contributed by atoms with Crippen LogP contribution in [-0.2, 0) is 0 Å². The Hall–Kier alpha value is -2.93. The zero-order valence-corrected chi connectivity index (χ0v) is 16.4. The summed E-state index contributed by atoms with van der Waals surface area (Å²) in [5.41, 5.74) is 3.48. The number of amides is 1. The number of carbonyl (C=O) groups excluding carboxylic acids is 2. The second-order valence-corrected chi connectivity index (χ2v) is 7.38. The molecule has 1 fully saturated rings. The molecule has 4 nitrogen and oxygen atoms in total. The number of nitrogens with zero attached hydrogens (tertiary/aromatic N) is 2. The second-order valence-electron chi connectivity index (χ2n) is 7.38. The average Bonchev–Trinajstić information content (AvgIpc) is 2.77. The molecule has 0 aliphatic carbocycles. The van der Waals surface area contributed by atoms with Gasteiger partial charge in [-0.2, -0.15) is 5.26 Å². The van der Waals surface area contributed by atoms with Gasteiger partial charge in [-0.05, 0) is 42.5 Å². The Bertz CT molecular complexity index is 855. The summed E-state index contributed by atoms with van der Waals surface area (Å²) >= 11 is 0. The van der Waals surface area contributed by atoms with Crippen molar-refractivity contribution in [3.8, 4) is 17.2 Å². The molecule has 1 saturated heterocycles. The fourth-order valence-electron chi connectivity index (χ4n) is 3.53. The monoisotopic (exact) mass is 374 g/mol. The predicted octanol–water partition coefficient (Wildman–Crippen LogP) is 5.10. The Morgan fingerprint density at radius 3 is 2.00 bits per heavy atom. The van der Waals surface area contributed by atoms with Crippen molar-refractivity contribution in [2.45, 2.75) is 39.0 Å². The van der Waals surface area contributed by atoms with Crippen LogP contribution < -0.4 is 0 Å².